The van der Waals surface area contributed by atoms with E-state index in [1.807, 2.05) is 7.05 Å². The van der Waals surface area contributed by atoms with Crippen LogP contribution in [0.3, 0.4) is 0 Å². The summed E-state index contributed by atoms with van der Waals surface area (Å²) in [4.78, 5) is 2.38. The summed E-state index contributed by atoms with van der Waals surface area (Å²) in [5.41, 5.74) is 3.99. The highest BCUT2D eigenvalue weighted by Crippen LogP contribution is 2.27. The smallest absolute Gasteiger partial charge is 0.0750 e. The average molecular weight is 248 g/mol. The maximum Gasteiger partial charge on any atom is 0.0750 e. The molecule has 2 rings (SSSR count). The largest absolute Gasteiger partial charge is 0.376 e. The maximum atomic E-state index is 5.67. The second kappa shape index (κ2) is 5.72. The number of likely N-dealkylation sites (N-methyl/N-ethyl adjacent to an activating group) is 1. The van der Waals surface area contributed by atoms with Gasteiger partial charge >= 0.3 is 0 Å². The van der Waals surface area contributed by atoms with Crippen molar-refractivity contribution in [3.63, 3.8) is 0 Å². The van der Waals surface area contributed by atoms with E-state index in [4.69, 9.17) is 4.74 Å². The van der Waals surface area contributed by atoms with Gasteiger partial charge in [-0.2, -0.15) is 0 Å². The monoisotopic (exact) mass is 248 g/mol. The summed E-state index contributed by atoms with van der Waals surface area (Å²) in [7, 11) is 4.17. The number of ether oxygens (including phenoxy) is 1. The molecule has 0 saturated carbocycles. The minimum Gasteiger partial charge on any atom is -0.376 e. The standard InChI is InChI=1S/C15H24N2O/c1-11-5-6-15(13(9-11)10-16-3)17(4)14-7-8-18-12(14)2/h5-6,9,12,14,16H,7-8,10H2,1-4H3. The van der Waals surface area contributed by atoms with E-state index in [1.54, 1.807) is 0 Å². The predicted molar refractivity (Wildman–Crippen MR) is 76.2 cm³/mol. The Balaban J connectivity index is 2.25. The van der Waals surface area contributed by atoms with Crippen LogP contribution in [0.1, 0.15) is 24.5 Å². The van der Waals surface area contributed by atoms with E-state index in [9.17, 15) is 0 Å². The molecular formula is C15H24N2O. The molecule has 0 radical (unpaired) electrons. The first-order chi connectivity index (χ1) is 8.63. The summed E-state index contributed by atoms with van der Waals surface area (Å²) in [6.07, 6.45) is 1.43. The van der Waals surface area contributed by atoms with Crippen molar-refractivity contribution in [3.05, 3.63) is 29.3 Å². The minimum atomic E-state index is 0.318. The van der Waals surface area contributed by atoms with Gasteiger partial charge in [0.2, 0.25) is 0 Å². The van der Waals surface area contributed by atoms with Crippen LogP contribution >= 0.6 is 0 Å². The van der Waals surface area contributed by atoms with Crippen molar-refractivity contribution >= 4 is 5.69 Å². The first kappa shape index (κ1) is 13.4. The number of nitrogens with zero attached hydrogens (tertiary/aromatic N) is 1. The van der Waals surface area contributed by atoms with Gasteiger partial charge in [0.1, 0.15) is 0 Å². The third kappa shape index (κ3) is 2.68. The first-order valence-corrected chi connectivity index (χ1v) is 6.72. The maximum absolute atomic E-state index is 5.67. The van der Waals surface area contributed by atoms with Gasteiger partial charge in [-0.05, 0) is 38.9 Å². The highest BCUT2D eigenvalue weighted by Gasteiger charge is 2.28. The quantitative estimate of drug-likeness (QED) is 0.885. The summed E-state index contributed by atoms with van der Waals surface area (Å²) in [6.45, 7) is 6.09. The Morgan fingerprint density at radius 1 is 1.44 bits per heavy atom. The van der Waals surface area contributed by atoms with E-state index in [0.29, 0.717) is 12.1 Å². The van der Waals surface area contributed by atoms with Gasteiger partial charge in [0.05, 0.1) is 12.1 Å². The topological polar surface area (TPSA) is 24.5 Å². The van der Waals surface area contributed by atoms with Crippen molar-refractivity contribution in [1.82, 2.24) is 5.32 Å². The van der Waals surface area contributed by atoms with Crippen molar-refractivity contribution in [2.45, 2.75) is 39.0 Å². The number of anilines is 1. The Morgan fingerprint density at radius 3 is 2.83 bits per heavy atom. The fraction of sp³-hybridized carbons (Fsp3) is 0.600. The Morgan fingerprint density at radius 2 is 2.22 bits per heavy atom. The molecule has 1 aliphatic rings. The van der Waals surface area contributed by atoms with Crippen molar-refractivity contribution in [2.24, 2.45) is 0 Å². The van der Waals surface area contributed by atoms with Crippen LogP contribution in [0.2, 0.25) is 0 Å². The average Bonchev–Trinajstić information content (AvgIpc) is 2.75. The lowest BCUT2D eigenvalue weighted by atomic mass is 10.0. The Hall–Kier alpha value is -1.06. The number of nitrogens with one attached hydrogen (secondary N) is 1. The molecule has 0 aliphatic carbocycles. The third-order valence-electron chi connectivity index (χ3n) is 3.82. The van der Waals surface area contributed by atoms with Gasteiger partial charge in [0, 0.05) is 25.9 Å². The summed E-state index contributed by atoms with van der Waals surface area (Å²) in [6, 6.07) is 7.17. The molecule has 2 unspecified atom stereocenters. The Kier molecular flexibility index (Phi) is 4.25. The molecule has 3 nitrogen and oxygen atoms in total. The van der Waals surface area contributed by atoms with Crippen LogP contribution < -0.4 is 10.2 Å². The molecule has 1 aliphatic heterocycles. The zero-order chi connectivity index (χ0) is 13.1. The Bertz CT molecular complexity index is 405. The number of benzene rings is 1. The van der Waals surface area contributed by atoms with Crippen LogP contribution in [-0.2, 0) is 11.3 Å². The van der Waals surface area contributed by atoms with E-state index in [-0.39, 0.29) is 0 Å². The van der Waals surface area contributed by atoms with Gasteiger partial charge in [-0.25, -0.2) is 0 Å². The molecule has 1 aromatic rings. The van der Waals surface area contributed by atoms with Gasteiger partial charge in [-0.3, -0.25) is 0 Å². The van der Waals surface area contributed by atoms with E-state index >= 15 is 0 Å². The van der Waals surface area contributed by atoms with Crippen LogP contribution in [0.5, 0.6) is 0 Å². The van der Waals surface area contributed by atoms with Crippen LogP contribution in [0.25, 0.3) is 0 Å². The molecule has 0 spiro atoms. The summed E-state index contributed by atoms with van der Waals surface area (Å²) in [5, 5.41) is 3.25. The summed E-state index contributed by atoms with van der Waals surface area (Å²) >= 11 is 0. The van der Waals surface area contributed by atoms with Crippen LogP contribution in [-0.4, -0.2) is 32.8 Å². The molecule has 0 aromatic heterocycles. The molecule has 1 aromatic carbocycles. The molecule has 0 amide bonds. The van der Waals surface area contributed by atoms with Crippen LogP contribution in [0, 0.1) is 6.92 Å². The minimum absolute atomic E-state index is 0.318. The molecule has 1 saturated heterocycles. The molecule has 1 fully saturated rings. The lowest BCUT2D eigenvalue weighted by Crippen LogP contribution is -2.37. The van der Waals surface area contributed by atoms with Crippen molar-refractivity contribution < 1.29 is 4.74 Å². The number of hydrogen-bond donors (Lipinski definition) is 1. The van der Waals surface area contributed by atoms with E-state index in [1.165, 1.54) is 16.8 Å². The van der Waals surface area contributed by atoms with Crippen molar-refractivity contribution in [1.29, 1.82) is 0 Å². The van der Waals surface area contributed by atoms with Crippen LogP contribution in [0.4, 0.5) is 5.69 Å². The SMILES string of the molecule is CNCc1cc(C)ccc1N(C)C1CCOC1C. The molecular weight excluding hydrogens is 224 g/mol. The molecule has 0 bridgehead atoms. The molecule has 18 heavy (non-hydrogen) atoms. The molecule has 1 heterocycles. The van der Waals surface area contributed by atoms with Crippen LogP contribution in [0.15, 0.2) is 18.2 Å². The van der Waals surface area contributed by atoms with E-state index in [0.717, 1.165) is 19.6 Å². The molecule has 2 atom stereocenters. The molecule has 1 N–H and O–H groups in total. The highest BCUT2D eigenvalue weighted by atomic mass is 16.5. The number of aryl methyl sites for hydroxylation is 1. The molecule has 100 valence electrons. The number of rotatable bonds is 4. The number of hydrogen-bond acceptors (Lipinski definition) is 3. The lowest BCUT2D eigenvalue weighted by Gasteiger charge is -2.30. The third-order valence-corrected chi connectivity index (χ3v) is 3.82. The fourth-order valence-corrected chi connectivity index (χ4v) is 2.80. The van der Waals surface area contributed by atoms with Crippen molar-refractivity contribution in [3.8, 4) is 0 Å². The zero-order valence-corrected chi connectivity index (χ0v) is 11.9. The van der Waals surface area contributed by atoms with Gasteiger partial charge in [0.25, 0.3) is 0 Å². The highest BCUT2D eigenvalue weighted by molar-refractivity contribution is 5.55. The van der Waals surface area contributed by atoms with Gasteiger partial charge in [-0.1, -0.05) is 17.7 Å². The zero-order valence-electron chi connectivity index (χ0n) is 11.9. The first-order valence-electron chi connectivity index (χ1n) is 6.72. The van der Waals surface area contributed by atoms with Gasteiger partial charge < -0.3 is 15.0 Å². The lowest BCUT2D eigenvalue weighted by molar-refractivity contribution is 0.118. The Labute approximate surface area is 110 Å². The van der Waals surface area contributed by atoms with Gasteiger partial charge in [-0.15, -0.1) is 0 Å². The van der Waals surface area contributed by atoms with E-state index < -0.39 is 0 Å². The second-order valence-electron chi connectivity index (χ2n) is 5.21. The fourth-order valence-electron chi connectivity index (χ4n) is 2.80. The second-order valence-corrected chi connectivity index (χ2v) is 5.21. The summed E-state index contributed by atoms with van der Waals surface area (Å²) in [5.74, 6) is 0. The van der Waals surface area contributed by atoms with E-state index in [2.05, 4.69) is 49.3 Å². The normalized spacial score (nSPS) is 23.3. The summed E-state index contributed by atoms with van der Waals surface area (Å²) < 4.78 is 5.67. The van der Waals surface area contributed by atoms with Crippen molar-refractivity contribution in [2.75, 3.05) is 25.6 Å². The van der Waals surface area contributed by atoms with Gasteiger partial charge in [0.15, 0.2) is 0 Å². The predicted octanol–water partition coefficient (Wildman–Crippen LogP) is 2.33. The molecule has 3 heteroatoms.